The Balaban J connectivity index is 0.000000259. The zero-order valence-electron chi connectivity index (χ0n) is 25.7. The number of hydrogen-bond donors (Lipinski definition) is 5. The van der Waals surface area contributed by atoms with E-state index in [4.69, 9.17) is 26.5 Å². The van der Waals surface area contributed by atoms with E-state index < -0.39 is 28.9 Å². The maximum absolute atomic E-state index is 13.2. The predicted molar refractivity (Wildman–Crippen MR) is 176 cm³/mol. The van der Waals surface area contributed by atoms with Gasteiger partial charge in [0.2, 0.25) is 17.5 Å². The van der Waals surface area contributed by atoms with Crippen molar-refractivity contribution in [2.45, 2.75) is 32.6 Å². The average Bonchev–Trinajstić information content (AvgIpc) is 2.96. The van der Waals surface area contributed by atoms with Crippen molar-refractivity contribution >= 4 is 70.2 Å². The summed E-state index contributed by atoms with van der Waals surface area (Å²) in [7, 11) is 1.22. The SMILES string of the molecule is CC(=O)O.COC(=O)CC(=O)Cc1cccc(F)c1.O=C1CC(=O)NC(=S)N1.O=c1cc(Cc2cccc(F)c2)c2c(=O)[nH]c(=S)[nH]c2o1. The van der Waals surface area contributed by atoms with Gasteiger partial charge in [0, 0.05) is 19.4 Å². The summed E-state index contributed by atoms with van der Waals surface area (Å²) in [5, 5.41) is 12.3. The van der Waals surface area contributed by atoms with Crippen LogP contribution >= 0.6 is 24.4 Å². The molecule has 1 aliphatic heterocycles. The molecule has 0 unspecified atom stereocenters. The molecule has 0 radical (unpaired) electrons. The molecule has 1 aliphatic rings. The number of benzene rings is 2. The third kappa shape index (κ3) is 14.7. The van der Waals surface area contributed by atoms with Gasteiger partial charge >= 0.3 is 11.6 Å². The molecule has 1 fully saturated rings. The minimum Gasteiger partial charge on any atom is -0.481 e. The molecule has 4 aromatic rings. The molecule has 2 amide bonds. The van der Waals surface area contributed by atoms with Crippen molar-refractivity contribution in [1.82, 2.24) is 20.6 Å². The number of hydrogen-bond acceptors (Lipinski definition) is 11. The maximum atomic E-state index is 13.2. The zero-order valence-corrected chi connectivity index (χ0v) is 27.4. The van der Waals surface area contributed by atoms with E-state index >= 15 is 0 Å². The van der Waals surface area contributed by atoms with Crippen LogP contribution in [-0.2, 0) is 41.6 Å². The Labute approximate surface area is 285 Å². The summed E-state index contributed by atoms with van der Waals surface area (Å²) in [4.78, 5) is 80.5. The fourth-order valence-electron chi connectivity index (χ4n) is 3.87. The largest absolute Gasteiger partial charge is 0.481 e. The highest BCUT2D eigenvalue weighted by Gasteiger charge is 2.17. The number of H-pyrrole nitrogens is 2. The van der Waals surface area contributed by atoms with Crippen molar-refractivity contribution in [3.05, 3.63) is 108 Å². The lowest BCUT2D eigenvalue weighted by Gasteiger charge is -2.12. The number of carboxylic acids is 1. The van der Waals surface area contributed by atoms with Crippen LogP contribution in [0.4, 0.5) is 8.78 Å². The number of aliphatic carboxylic acids is 1. The van der Waals surface area contributed by atoms with Crippen molar-refractivity contribution in [2.75, 3.05) is 7.11 Å². The van der Waals surface area contributed by atoms with Crippen LogP contribution in [0.25, 0.3) is 11.1 Å². The van der Waals surface area contributed by atoms with E-state index in [0.29, 0.717) is 16.7 Å². The average molecular weight is 719 g/mol. The van der Waals surface area contributed by atoms with Gasteiger partial charge in [0.15, 0.2) is 9.88 Å². The van der Waals surface area contributed by atoms with Crippen molar-refractivity contribution < 1.29 is 47.0 Å². The van der Waals surface area contributed by atoms with E-state index in [1.807, 2.05) is 0 Å². The number of amides is 2. The number of aromatic nitrogens is 2. The Morgan fingerprint density at radius 1 is 0.898 bits per heavy atom. The smallest absolute Gasteiger partial charge is 0.337 e. The number of nitrogens with one attached hydrogen (secondary N) is 4. The molecule has 2 aromatic carbocycles. The number of halogens is 2. The lowest BCUT2D eigenvalue weighted by Crippen LogP contribution is -2.49. The van der Waals surface area contributed by atoms with E-state index in [-0.39, 0.29) is 70.1 Å². The Morgan fingerprint density at radius 2 is 1.45 bits per heavy atom. The molecular weight excluding hydrogens is 690 g/mol. The highest BCUT2D eigenvalue weighted by atomic mass is 32.1. The number of esters is 1. The van der Waals surface area contributed by atoms with Gasteiger partial charge in [-0.3, -0.25) is 33.8 Å². The normalized spacial score (nSPS) is 11.6. The predicted octanol–water partition coefficient (Wildman–Crippen LogP) is 2.77. The second kappa shape index (κ2) is 19.2. The van der Waals surface area contributed by atoms with Crippen molar-refractivity contribution in [1.29, 1.82) is 0 Å². The van der Waals surface area contributed by atoms with E-state index in [0.717, 1.165) is 6.92 Å². The number of ether oxygens (including phenoxy) is 1. The molecule has 1 saturated heterocycles. The fraction of sp³-hybridized carbons (Fsp3) is 0.194. The molecule has 14 nitrogen and oxygen atoms in total. The molecular formula is C31H28F2N4O10S2. The Hall–Kier alpha value is -5.75. The number of carbonyl (C=O) groups is 5. The molecule has 5 N–H and O–H groups in total. The van der Waals surface area contributed by atoms with Crippen molar-refractivity contribution in [3.63, 3.8) is 0 Å². The quantitative estimate of drug-likeness (QED) is 0.111. The summed E-state index contributed by atoms with van der Waals surface area (Å²) in [5.74, 6) is -3.15. The number of carboxylic acid groups (broad SMARTS) is 1. The summed E-state index contributed by atoms with van der Waals surface area (Å²) in [5.41, 5.74) is 0.601. The summed E-state index contributed by atoms with van der Waals surface area (Å²) in [6.45, 7) is 1.08. The summed E-state index contributed by atoms with van der Waals surface area (Å²) < 4.78 is 35.3. The number of Topliss-reactive ketones (excluding diaryl/α,β-unsaturated/α-hetero) is 1. The van der Waals surface area contributed by atoms with Gasteiger partial charge < -0.3 is 29.9 Å². The van der Waals surface area contributed by atoms with Gasteiger partial charge in [0.1, 0.15) is 35.6 Å². The first kappa shape index (κ1) is 39.4. The first-order valence-electron chi connectivity index (χ1n) is 13.8. The van der Waals surface area contributed by atoms with Gasteiger partial charge in [-0.15, -0.1) is 0 Å². The van der Waals surface area contributed by atoms with Gasteiger partial charge in [-0.25, -0.2) is 13.6 Å². The van der Waals surface area contributed by atoms with Gasteiger partial charge in [-0.05, 0) is 71.8 Å². The fourth-order valence-corrected chi connectivity index (χ4v) is 4.29. The molecule has 3 heterocycles. The molecule has 258 valence electrons. The van der Waals surface area contributed by atoms with Crippen LogP contribution in [-0.4, -0.2) is 56.8 Å². The summed E-state index contributed by atoms with van der Waals surface area (Å²) >= 11 is 9.33. The number of rotatable bonds is 6. The Bertz CT molecular complexity index is 2010. The first-order valence-corrected chi connectivity index (χ1v) is 14.6. The molecule has 0 atom stereocenters. The van der Waals surface area contributed by atoms with Crippen molar-refractivity contribution in [3.8, 4) is 0 Å². The van der Waals surface area contributed by atoms with Crippen molar-refractivity contribution in [2.24, 2.45) is 0 Å². The second-order valence-electron chi connectivity index (χ2n) is 9.73. The number of methoxy groups -OCH3 is 1. The van der Waals surface area contributed by atoms with Crippen LogP contribution in [0.3, 0.4) is 0 Å². The highest BCUT2D eigenvalue weighted by Crippen LogP contribution is 2.16. The van der Waals surface area contributed by atoms with Gasteiger partial charge in [0.25, 0.3) is 11.5 Å². The number of carbonyl (C=O) groups excluding carboxylic acids is 4. The van der Waals surface area contributed by atoms with Crippen LogP contribution in [0.5, 0.6) is 0 Å². The number of aromatic amines is 2. The Morgan fingerprint density at radius 3 is 1.98 bits per heavy atom. The van der Waals surface area contributed by atoms with Gasteiger partial charge in [0.05, 0.1) is 7.11 Å². The molecule has 2 aromatic heterocycles. The second-order valence-corrected chi connectivity index (χ2v) is 10.5. The van der Waals surface area contributed by atoms with Crippen LogP contribution in [0.1, 0.15) is 36.5 Å². The molecule has 5 rings (SSSR count). The molecule has 0 aliphatic carbocycles. The molecule has 0 saturated carbocycles. The number of fused-ring (bicyclic) bond motifs is 1. The molecule has 0 spiro atoms. The number of ketones is 1. The van der Waals surface area contributed by atoms with E-state index in [1.165, 1.54) is 43.5 Å². The topological polar surface area (TPSA) is 218 Å². The monoisotopic (exact) mass is 718 g/mol. The van der Waals surface area contributed by atoms with E-state index in [1.54, 1.807) is 18.2 Å². The molecule has 0 bridgehead atoms. The van der Waals surface area contributed by atoms with Crippen LogP contribution in [0.15, 0.2) is 68.6 Å². The van der Waals surface area contributed by atoms with Crippen LogP contribution < -0.4 is 21.8 Å². The lowest BCUT2D eigenvalue weighted by atomic mass is 10.0. The summed E-state index contributed by atoms with van der Waals surface area (Å²) in [6, 6.07) is 12.9. The number of thiocarbonyl (C=S) groups is 1. The molecule has 49 heavy (non-hydrogen) atoms. The third-order valence-corrected chi connectivity index (χ3v) is 6.10. The van der Waals surface area contributed by atoms with E-state index in [9.17, 15) is 37.5 Å². The Kier molecular flexibility index (Phi) is 15.4. The lowest BCUT2D eigenvalue weighted by molar-refractivity contribution is -0.143. The van der Waals surface area contributed by atoms with Crippen LogP contribution in [0.2, 0.25) is 0 Å². The minimum atomic E-state index is -0.833. The highest BCUT2D eigenvalue weighted by molar-refractivity contribution is 7.80. The van der Waals surface area contributed by atoms with E-state index in [2.05, 4.69) is 37.6 Å². The minimum absolute atomic E-state index is 0.0163. The van der Waals surface area contributed by atoms with Gasteiger partial charge in [-0.2, -0.15) is 0 Å². The standard InChI is InChI=1S/C14H9FN2O3S.C11H11FO3.C4H4N2O2S.C2H4O2/c15-9-3-1-2-7(5-9)4-8-6-10(18)20-13-11(8)12(19)16-14(21)17-13;1-15-11(14)7-10(13)6-8-3-2-4-9(12)5-8;7-2-1-3(8)6-4(9)5-2;1-2(3)4/h1-3,5-6H,4H2,(H2,16,17,19,21);2-5H,6-7H2,1H3;1H2,(H2,5,6,7,8,9);1H3,(H,3,4). The first-order chi connectivity index (χ1) is 23.1. The maximum Gasteiger partial charge on any atom is 0.337 e. The van der Waals surface area contributed by atoms with Crippen LogP contribution in [0, 0.1) is 16.4 Å². The molecule has 18 heteroatoms. The van der Waals surface area contributed by atoms with Gasteiger partial charge in [-0.1, -0.05) is 24.3 Å². The summed E-state index contributed by atoms with van der Waals surface area (Å²) in [6.07, 6.45) is -0.117. The third-order valence-electron chi connectivity index (χ3n) is 5.69. The zero-order chi connectivity index (χ0) is 36.7.